The molecule has 0 spiro atoms. The van der Waals surface area contributed by atoms with E-state index in [0.29, 0.717) is 25.9 Å². The van der Waals surface area contributed by atoms with E-state index in [2.05, 4.69) is 22.6 Å². The van der Waals surface area contributed by atoms with Gasteiger partial charge in [0.05, 0.1) is 18.8 Å². The van der Waals surface area contributed by atoms with Crippen LogP contribution in [0.2, 0.25) is 0 Å². The molecule has 1 fully saturated rings. The summed E-state index contributed by atoms with van der Waals surface area (Å²) in [5.74, 6) is -0.517. The van der Waals surface area contributed by atoms with Gasteiger partial charge in [-0.3, -0.25) is 4.79 Å². The molecular weight excluding hydrogens is 361 g/mol. The third-order valence-corrected chi connectivity index (χ3v) is 4.74. The predicted molar refractivity (Wildman–Crippen MR) is 80.9 cm³/mol. The van der Waals surface area contributed by atoms with E-state index in [1.165, 1.54) is 0 Å². The summed E-state index contributed by atoms with van der Waals surface area (Å²) in [5, 5.41) is 20.1. The highest BCUT2D eigenvalue weighted by Crippen LogP contribution is 2.23. The first-order valence-corrected chi connectivity index (χ1v) is 7.97. The van der Waals surface area contributed by atoms with E-state index in [4.69, 9.17) is 10.5 Å². The number of rotatable bonds is 0. The van der Waals surface area contributed by atoms with Crippen molar-refractivity contribution < 1.29 is 19.7 Å². The first-order valence-electron chi connectivity index (χ1n) is 6.73. The Bertz CT molecular complexity index is 302. The second kappa shape index (κ2) is 7.87. The summed E-state index contributed by atoms with van der Waals surface area (Å²) in [6.07, 6.45) is -0.164. The number of carbonyl (C=O) groups is 1. The van der Waals surface area contributed by atoms with Gasteiger partial charge in [0.25, 0.3) is 0 Å². The molecule has 112 valence electrons. The van der Waals surface area contributed by atoms with Gasteiger partial charge in [0.15, 0.2) is 6.29 Å². The molecule has 1 aliphatic rings. The number of aliphatic hydroxyl groups is 2. The molecule has 0 bridgehead atoms. The average molecular weight is 385 g/mol. The number of Topliss-reactive ketones (excluding diaryl/α,β-unsaturated/α-hetero) is 1. The van der Waals surface area contributed by atoms with Crippen molar-refractivity contribution in [3.8, 4) is 0 Å². The zero-order valence-electron chi connectivity index (χ0n) is 11.5. The molecule has 1 heterocycles. The summed E-state index contributed by atoms with van der Waals surface area (Å²) in [6, 6.07) is -0.530. The maximum atomic E-state index is 11.9. The number of ketones is 1. The first-order chi connectivity index (χ1) is 8.82. The number of carbonyl (C=O) groups excluding carboxylic acids is 1. The number of ether oxygens (including phenoxy) is 1. The van der Waals surface area contributed by atoms with Crippen molar-refractivity contribution in [2.45, 2.75) is 55.5 Å². The SMILES string of the molecule is CC1C(O)OCC(I)CCC(=O)[C@H](N)C[C@H](C)[C@@H]1O. The molecule has 1 saturated heterocycles. The largest absolute Gasteiger partial charge is 0.392 e. The highest BCUT2D eigenvalue weighted by atomic mass is 127. The molecular formula is C13H24INO4. The molecule has 0 aromatic heterocycles. The molecule has 19 heavy (non-hydrogen) atoms. The van der Waals surface area contributed by atoms with Gasteiger partial charge in [0.1, 0.15) is 5.78 Å². The quantitative estimate of drug-likeness (QED) is 0.425. The highest BCUT2D eigenvalue weighted by Gasteiger charge is 2.31. The Morgan fingerprint density at radius 1 is 1.37 bits per heavy atom. The summed E-state index contributed by atoms with van der Waals surface area (Å²) in [5.41, 5.74) is 5.88. The van der Waals surface area contributed by atoms with Gasteiger partial charge in [-0.05, 0) is 18.8 Å². The molecule has 4 N–H and O–H groups in total. The number of hydrogen-bond donors (Lipinski definition) is 3. The van der Waals surface area contributed by atoms with Crippen LogP contribution in [-0.4, -0.2) is 45.0 Å². The van der Waals surface area contributed by atoms with Crippen molar-refractivity contribution in [3.63, 3.8) is 0 Å². The average Bonchev–Trinajstić information content (AvgIpc) is 2.38. The minimum atomic E-state index is -0.985. The molecule has 6 atom stereocenters. The minimum Gasteiger partial charge on any atom is -0.392 e. The van der Waals surface area contributed by atoms with Gasteiger partial charge in [-0.1, -0.05) is 36.4 Å². The Kier molecular flexibility index (Phi) is 7.17. The van der Waals surface area contributed by atoms with Crippen LogP contribution in [0.3, 0.4) is 0 Å². The Balaban J connectivity index is 2.76. The fourth-order valence-corrected chi connectivity index (χ4v) is 2.80. The molecule has 1 aliphatic heterocycles. The van der Waals surface area contributed by atoms with Gasteiger partial charge in [0.2, 0.25) is 0 Å². The zero-order valence-corrected chi connectivity index (χ0v) is 13.6. The Morgan fingerprint density at radius 2 is 2.00 bits per heavy atom. The van der Waals surface area contributed by atoms with Crippen molar-refractivity contribution in [2.75, 3.05) is 6.61 Å². The summed E-state index contributed by atoms with van der Waals surface area (Å²) < 4.78 is 5.52. The molecule has 3 unspecified atom stereocenters. The van der Waals surface area contributed by atoms with Crippen LogP contribution in [0.15, 0.2) is 0 Å². The number of hydrogen-bond acceptors (Lipinski definition) is 5. The molecule has 0 amide bonds. The van der Waals surface area contributed by atoms with E-state index in [1.54, 1.807) is 6.92 Å². The standard InChI is InChI=1S/C13H24INO4/c1-7-5-10(15)11(16)4-3-9(14)6-19-13(18)8(2)12(7)17/h7-10,12-13,17-18H,3-6,15H2,1-2H3/t7-,8?,9?,10+,12-,13?/m0/s1. The fourth-order valence-electron chi connectivity index (χ4n) is 2.28. The Hall–Kier alpha value is 0.240. The van der Waals surface area contributed by atoms with Gasteiger partial charge < -0.3 is 20.7 Å². The zero-order chi connectivity index (χ0) is 14.6. The molecule has 0 aliphatic carbocycles. The lowest BCUT2D eigenvalue weighted by molar-refractivity contribution is -0.159. The monoisotopic (exact) mass is 385 g/mol. The van der Waals surface area contributed by atoms with Crippen LogP contribution < -0.4 is 5.73 Å². The second-order valence-corrected chi connectivity index (χ2v) is 7.26. The molecule has 1 rings (SSSR count). The van der Waals surface area contributed by atoms with Crippen molar-refractivity contribution in [1.82, 2.24) is 0 Å². The molecule has 0 aromatic rings. The van der Waals surface area contributed by atoms with Crippen LogP contribution in [0, 0.1) is 11.8 Å². The van der Waals surface area contributed by atoms with E-state index >= 15 is 0 Å². The number of aliphatic hydroxyl groups excluding tert-OH is 2. The van der Waals surface area contributed by atoms with Gasteiger partial charge in [0, 0.05) is 16.3 Å². The summed E-state index contributed by atoms with van der Waals surface area (Å²) in [6.45, 7) is 3.96. The summed E-state index contributed by atoms with van der Waals surface area (Å²) in [7, 11) is 0. The van der Waals surface area contributed by atoms with Gasteiger partial charge in [-0.25, -0.2) is 0 Å². The molecule has 5 nitrogen and oxygen atoms in total. The van der Waals surface area contributed by atoms with Crippen LogP contribution in [0.5, 0.6) is 0 Å². The lowest BCUT2D eigenvalue weighted by Crippen LogP contribution is -2.41. The van der Waals surface area contributed by atoms with Crippen LogP contribution in [0.4, 0.5) is 0 Å². The van der Waals surface area contributed by atoms with Gasteiger partial charge >= 0.3 is 0 Å². The smallest absolute Gasteiger partial charge is 0.159 e. The highest BCUT2D eigenvalue weighted by molar-refractivity contribution is 14.1. The number of alkyl halides is 1. The number of nitrogens with two attached hydrogens (primary N) is 1. The van der Waals surface area contributed by atoms with E-state index in [-0.39, 0.29) is 15.6 Å². The summed E-state index contributed by atoms with van der Waals surface area (Å²) >= 11 is 2.20. The van der Waals surface area contributed by atoms with Crippen LogP contribution in [0.25, 0.3) is 0 Å². The molecule has 0 aromatic carbocycles. The minimum absolute atomic E-state index is 0.0366. The lowest BCUT2D eigenvalue weighted by atomic mass is 9.86. The topological polar surface area (TPSA) is 92.8 Å². The van der Waals surface area contributed by atoms with E-state index in [0.717, 1.165) is 0 Å². The van der Waals surface area contributed by atoms with Crippen LogP contribution in [-0.2, 0) is 9.53 Å². The third-order valence-electron chi connectivity index (χ3n) is 3.76. The van der Waals surface area contributed by atoms with E-state index < -0.39 is 24.4 Å². The van der Waals surface area contributed by atoms with Crippen molar-refractivity contribution in [1.29, 1.82) is 0 Å². The normalized spacial score (nSPS) is 43.4. The van der Waals surface area contributed by atoms with Gasteiger partial charge in [-0.2, -0.15) is 0 Å². The van der Waals surface area contributed by atoms with Crippen molar-refractivity contribution in [3.05, 3.63) is 0 Å². The van der Waals surface area contributed by atoms with Crippen molar-refractivity contribution >= 4 is 28.4 Å². The lowest BCUT2D eigenvalue weighted by Gasteiger charge is -2.30. The van der Waals surface area contributed by atoms with E-state index in [1.807, 2.05) is 6.92 Å². The first kappa shape index (κ1) is 17.3. The maximum Gasteiger partial charge on any atom is 0.159 e. The number of halogens is 1. The Morgan fingerprint density at radius 3 is 2.63 bits per heavy atom. The third kappa shape index (κ3) is 5.26. The van der Waals surface area contributed by atoms with Crippen molar-refractivity contribution in [2.24, 2.45) is 17.6 Å². The predicted octanol–water partition coefficient (Wildman–Crippen LogP) is 0.838. The fraction of sp³-hybridized carbons (Fsp3) is 0.923. The Labute approximate surface area is 128 Å². The molecule has 0 radical (unpaired) electrons. The van der Waals surface area contributed by atoms with Crippen LogP contribution >= 0.6 is 22.6 Å². The van der Waals surface area contributed by atoms with Gasteiger partial charge in [-0.15, -0.1) is 0 Å². The molecule has 6 heteroatoms. The second-order valence-electron chi connectivity index (χ2n) is 5.50. The molecule has 0 saturated carbocycles. The maximum absolute atomic E-state index is 11.9. The summed E-state index contributed by atoms with van der Waals surface area (Å²) in [4.78, 5) is 11.9. The van der Waals surface area contributed by atoms with Crippen LogP contribution in [0.1, 0.15) is 33.1 Å². The van der Waals surface area contributed by atoms with E-state index in [9.17, 15) is 15.0 Å².